The van der Waals surface area contributed by atoms with Crippen LogP contribution in [0.5, 0.6) is 0 Å². The molecule has 3 aromatic carbocycles. The molecule has 5 aromatic rings. The van der Waals surface area contributed by atoms with Crippen molar-refractivity contribution >= 4 is 46.0 Å². The van der Waals surface area contributed by atoms with Gasteiger partial charge in [-0.05, 0) is 79.9 Å². The van der Waals surface area contributed by atoms with Gasteiger partial charge in [0, 0.05) is 26.3 Å². The van der Waals surface area contributed by atoms with E-state index in [0.717, 1.165) is 11.6 Å². The van der Waals surface area contributed by atoms with Crippen LogP contribution >= 0.6 is 0 Å². The van der Waals surface area contributed by atoms with Gasteiger partial charge in [-0.25, -0.2) is 17.4 Å². The maximum Gasteiger partial charge on any atom is 0.318 e. The number of imidazole rings is 1. The third-order valence-electron chi connectivity index (χ3n) is 7.87. The smallest absolute Gasteiger partial charge is 0.318 e. The lowest BCUT2D eigenvalue weighted by Gasteiger charge is -2.21. The third-order valence-corrected chi connectivity index (χ3v) is 11.3. The number of aryl methyl sites for hydroxylation is 3. The van der Waals surface area contributed by atoms with Crippen LogP contribution in [-0.4, -0.2) is 47.7 Å². The molecule has 1 N–H and O–H groups in total. The largest absolute Gasteiger partial charge is 0.480 e. The molecule has 0 aliphatic rings. The van der Waals surface area contributed by atoms with Crippen molar-refractivity contribution in [3.05, 3.63) is 94.4 Å². The van der Waals surface area contributed by atoms with Gasteiger partial charge < -0.3 is 14.4 Å². The van der Waals surface area contributed by atoms with Gasteiger partial charge in [0.2, 0.25) is 0 Å². The molecule has 2 heterocycles. The second-order valence-corrected chi connectivity index (χ2v) is 19.9. The number of nitrogens with zero attached hydrogens (tertiary/aromatic N) is 4. The summed E-state index contributed by atoms with van der Waals surface area (Å²) < 4.78 is 36.6. The number of ether oxygens (including phenoxy) is 1. The molecule has 0 spiro atoms. The van der Waals surface area contributed by atoms with Gasteiger partial charge in [-0.1, -0.05) is 43.4 Å². The number of benzene rings is 3. The minimum atomic E-state index is -3.96. The highest BCUT2D eigenvalue weighted by Crippen LogP contribution is 2.38. The molecule has 0 fully saturated rings. The molecule has 0 aliphatic carbocycles. The van der Waals surface area contributed by atoms with Crippen molar-refractivity contribution in [2.75, 3.05) is 6.61 Å². The van der Waals surface area contributed by atoms with Gasteiger partial charge in [-0.15, -0.1) is 0 Å². The fraction of sp³-hybridized carbons (Fsp3) is 0.303. The van der Waals surface area contributed by atoms with Crippen LogP contribution in [0.25, 0.3) is 21.9 Å². The zero-order chi connectivity index (χ0) is 32.0. The van der Waals surface area contributed by atoms with Gasteiger partial charge in [0.05, 0.1) is 33.1 Å². The first-order chi connectivity index (χ1) is 20.7. The molecule has 0 aliphatic heterocycles. The highest BCUT2D eigenvalue weighted by atomic mass is 32.2. The number of nitriles is 1. The van der Waals surface area contributed by atoms with E-state index in [1.165, 1.54) is 10.2 Å². The summed E-state index contributed by atoms with van der Waals surface area (Å²) in [6.45, 7) is 12.9. The van der Waals surface area contributed by atoms with E-state index in [2.05, 4.69) is 25.7 Å². The first-order valence-corrected chi connectivity index (χ1v) is 19.5. The summed E-state index contributed by atoms with van der Waals surface area (Å²) in [4.78, 5) is 18.1. The fourth-order valence-electron chi connectivity index (χ4n) is 5.58. The summed E-state index contributed by atoms with van der Waals surface area (Å²) in [7, 11) is -5.33. The van der Waals surface area contributed by atoms with Crippen LogP contribution < -0.4 is 0 Å². The lowest BCUT2D eigenvalue weighted by atomic mass is 9.89. The number of aliphatic carboxylic acids is 1. The predicted molar refractivity (Wildman–Crippen MR) is 173 cm³/mol. The maximum atomic E-state index is 13.8. The van der Waals surface area contributed by atoms with Crippen molar-refractivity contribution in [2.24, 2.45) is 0 Å². The molecule has 9 nitrogen and oxygen atoms in total. The zero-order valence-electron chi connectivity index (χ0n) is 25.7. The van der Waals surface area contributed by atoms with E-state index in [-0.39, 0.29) is 17.5 Å². The van der Waals surface area contributed by atoms with Crippen molar-refractivity contribution in [2.45, 2.75) is 64.0 Å². The van der Waals surface area contributed by atoms with Gasteiger partial charge in [0.15, 0.2) is 0 Å². The van der Waals surface area contributed by atoms with E-state index < -0.39 is 30.0 Å². The zero-order valence-corrected chi connectivity index (χ0v) is 27.6. The van der Waals surface area contributed by atoms with E-state index in [9.17, 15) is 23.6 Å². The lowest BCUT2D eigenvalue weighted by Crippen LogP contribution is -2.23. The van der Waals surface area contributed by atoms with Crippen molar-refractivity contribution in [3.63, 3.8) is 0 Å². The molecule has 1 unspecified atom stereocenters. The minimum Gasteiger partial charge on any atom is -0.480 e. The molecule has 0 saturated carbocycles. The van der Waals surface area contributed by atoms with Crippen molar-refractivity contribution < 1.29 is 23.1 Å². The summed E-state index contributed by atoms with van der Waals surface area (Å²) in [5.41, 5.74) is 4.75. The number of hydrogen-bond acceptors (Lipinski definition) is 6. The highest BCUT2D eigenvalue weighted by molar-refractivity contribution is 7.90. The van der Waals surface area contributed by atoms with Crippen LogP contribution in [0.4, 0.5) is 0 Å². The van der Waals surface area contributed by atoms with E-state index in [4.69, 9.17) is 9.72 Å². The van der Waals surface area contributed by atoms with Crippen molar-refractivity contribution in [3.8, 4) is 6.07 Å². The van der Waals surface area contributed by atoms with Crippen LogP contribution in [0, 0.1) is 32.1 Å². The van der Waals surface area contributed by atoms with Crippen molar-refractivity contribution in [1.29, 1.82) is 5.26 Å². The number of rotatable bonds is 10. The normalized spacial score (nSPS) is 12.9. The molecule has 0 saturated heterocycles. The first-order valence-electron chi connectivity index (χ1n) is 14.4. The van der Waals surface area contributed by atoms with Crippen LogP contribution in [-0.2, 0) is 26.3 Å². The third kappa shape index (κ3) is 5.80. The molecule has 2 aromatic heterocycles. The van der Waals surface area contributed by atoms with Gasteiger partial charge in [-0.3, -0.25) is 4.79 Å². The van der Waals surface area contributed by atoms with Crippen LogP contribution in [0.2, 0.25) is 25.7 Å². The quantitative estimate of drug-likeness (QED) is 0.137. The molecular formula is C33H36N4O5SSi. The minimum absolute atomic E-state index is 0.0862. The Morgan fingerprint density at radius 2 is 1.75 bits per heavy atom. The van der Waals surface area contributed by atoms with E-state index in [1.807, 2.05) is 26.8 Å². The topological polar surface area (TPSA) is 127 Å². The fourth-order valence-corrected chi connectivity index (χ4v) is 7.75. The van der Waals surface area contributed by atoms with Gasteiger partial charge in [0.1, 0.15) is 18.5 Å². The molecule has 0 amide bonds. The SMILES string of the molecule is Cc1ccc(S(=O)(=O)n2ccc3c(C(C(=O)O)c4nc5cc(C#N)ccc5n4COCC[Si](C)(C)C)c(C)cc(C)c32)cc1. The molecule has 0 radical (unpaired) electrons. The second-order valence-electron chi connectivity index (χ2n) is 12.4. The van der Waals surface area contributed by atoms with E-state index in [1.54, 1.807) is 53.1 Å². The van der Waals surface area contributed by atoms with Crippen LogP contribution in [0.15, 0.2) is 65.7 Å². The number of aromatic nitrogens is 3. The van der Waals surface area contributed by atoms with Crippen molar-refractivity contribution in [1.82, 2.24) is 13.5 Å². The number of fused-ring (bicyclic) bond motifs is 2. The van der Waals surface area contributed by atoms with Crippen LogP contribution in [0.1, 0.15) is 39.6 Å². The lowest BCUT2D eigenvalue weighted by molar-refractivity contribution is -0.138. The Bertz CT molecular complexity index is 2050. The Morgan fingerprint density at radius 1 is 1.05 bits per heavy atom. The number of carboxylic acid groups (broad SMARTS) is 1. The Hall–Kier alpha value is -4.24. The van der Waals surface area contributed by atoms with E-state index >= 15 is 0 Å². The molecule has 228 valence electrons. The Morgan fingerprint density at radius 3 is 2.39 bits per heavy atom. The first kappa shape index (κ1) is 31.2. The maximum absolute atomic E-state index is 13.8. The number of carboxylic acids is 1. The number of hydrogen-bond donors (Lipinski definition) is 1. The Kier molecular flexibility index (Phi) is 8.28. The summed E-state index contributed by atoms with van der Waals surface area (Å²) >= 11 is 0. The molecule has 5 rings (SSSR count). The average Bonchev–Trinajstić information content (AvgIpc) is 3.55. The van der Waals surface area contributed by atoms with Crippen LogP contribution in [0.3, 0.4) is 0 Å². The number of carbonyl (C=O) groups is 1. The summed E-state index contributed by atoms with van der Waals surface area (Å²) in [5, 5.41) is 20.8. The Balaban J connectivity index is 1.71. The molecule has 1 atom stereocenters. The Labute approximate surface area is 258 Å². The average molecular weight is 629 g/mol. The summed E-state index contributed by atoms with van der Waals surface area (Å²) in [6, 6.07) is 18.2. The van der Waals surface area contributed by atoms with Gasteiger partial charge in [0.25, 0.3) is 10.0 Å². The summed E-state index contributed by atoms with van der Waals surface area (Å²) in [6.07, 6.45) is 1.48. The molecule has 0 bridgehead atoms. The predicted octanol–water partition coefficient (Wildman–Crippen LogP) is 6.55. The molecule has 44 heavy (non-hydrogen) atoms. The molecular weight excluding hydrogens is 593 g/mol. The van der Waals surface area contributed by atoms with Gasteiger partial charge >= 0.3 is 5.97 Å². The van der Waals surface area contributed by atoms with E-state index in [0.29, 0.717) is 50.8 Å². The molecule has 11 heteroatoms. The highest BCUT2D eigenvalue weighted by Gasteiger charge is 2.33. The monoisotopic (exact) mass is 628 g/mol. The standard InChI is InChI=1S/C33H36N4O5SSi/c1-21-7-10-25(11-8-21)43(40,41)37-14-13-26-29(22(2)17-23(3)31(26)37)30(33(38)39)32-35-27-18-24(19-34)9-12-28(27)36(32)20-42-15-16-44(4,5)6/h7-14,17-18,30H,15-16,20H2,1-6H3,(H,38,39). The summed E-state index contributed by atoms with van der Waals surface area (Å²) in [5.74, 6) is -2.13. The second kappa shape index (κ2) is 11.7. The van der Waals surface area contributed by atoms with Gasteiger partial charge in [-0.2, -0.15) is 5.26 Å².